The summed E-state index contributed by atoms with van der Waals surface area (Å²) in [4.78, 5) is 17.3. The number of nitrogens with one attached hydrogen (secondary N) is 2. The second kappa shape index (κ2) is 11.6. The molecule has 1 amide bonds. The first-order chi connectivity index (χ1) is 15.3. The topological polar surface area (TPSA) is 115 Å². The summed E-state index contributed by atoms with van der Waals surface area (Å²) in [6.07, 6.45) is 1.19. The molecule has 0 saturated carbocycles. The maximum atomic E-state index is 13.8. The summed E-state index contributed by atoms with van der Waals surface area (Å²) in [7, 11) is 0. The molecule has 7 nitrogen and oxygen atoms in total. The third kappa shape index (κ3) is 7.15. The van der Waals surface area contributed by atoms with Crippen LogP contribution in [0, 0.1) is 5.82 Å². The number of carbonyl (C=O) groups is 1. The third-order valence-corrected chi connectivity index (χ3v) is 5.56. The lowest BCUT2D eigenvalue weighted by atomic mass is 10.0. The van der Waals surface area contributed by atoms with Crippen LogP contribution in [0.25, 0.3) is 0 Å². The normalized spacial score (nSPS) is 17.0. The van der Waals surface area contributed by atoms with Crippen LogP contribution in [0.15, 0.2) is 47.5 Å². The van der Waals surface area contributed by atoms with Crippen molar-refractivity contribution < 1.29 is 13.9 Å². The fraction of sp³-hybridized carbons (Fsp3) is 0.364. The van der Waals surface area contributed by atoms with E-state index in [0.717, 1.165) is 11.6 Å². The lowest BCUT2D eigenvalue weighted by Crippen LogP contribution is -2.51. The number of amides is 1. The number of guanidine groups is 1. The smallest absolute Gasteiger partial charge is 0.258 e. The van der Waals surface area contributed by atoms with Gasteiger partial charge in [-0.1, -0.05) is 35.3 Å². The largest absolute Gasteiger partial charge is 0.381 e. The van der Waals surface area contributed by atoms with E-state index in [1.807, 2.05) is 12.1 Å². The highest BCUT2D eigenvalue weighted by molar-refractivity contribution is 6.31. The van der Waals surface area contributed by atoms with Crippen molar-refractivity contribution in [2.24, 2.45) is 16.5 Å². The van der Waals surface area contributed by atoms with Crippen LogP contribution >= 0.6 is 23.2 Å². The average Bonchev–Trinajstić information content (AvgIpc) is 2.76. The predicted octanol–water partition coefficient (Wildman–Crippen LogP) is 3.36. The Morgan fingerprint density at radius 2 is 1.94 bits per heavy atom. The van der Waals surface area contributed by atoms with E-state index >= 15 is 0 Å². The summed E-state index contributed by atoms with van der Waals surface area (Å²) < 4.78 is 19.1. The maximum Gasteiger partial charge on any atom is 0.258 e. The van der Waals surface area contributed by atoms with Gasteiger partial charge in [0, 0.05) is 29.8 Å². The number of rotatable bonds is 6. The van der Waals surface area contributed by atoms with Crippen molar-refractivity contribution in [3.8, 4) is 0 Å². The van der Waals surface area contributed by atoms with Crippen LogP contribution < -0.4 is 22.1 Å². The molecular weight excluding hydrogens is 456 g/mol. The maximum absolute atomic E-state index is 13.8. The predicted molar refractivity (Wildman–Crippen MR) is 124 cm³/mol. The zero-order chi connectivity index (χ0) is 23.1. The van der Waals surface area contributed by atoms with E-state index in [1.165, 1.54) is 12.1 Å². The molecule has 2 unspecified atom stereocenters. The Labute approximate surface area is 196 Å². The number of carbonyl (C=O) groups excluding carboxylic acids is 1. The summed E-state index contributed by atoms with van der Waals surface area (Å²) >= 11 is 11.7. The molecule has 0 aromatic heterocycles. The Morgan fingerprint density at radius 1 is 1.19 bits per heavy atom. The van der Waals surface area contributed by atoms with E-state index < -0.39 is 17.9 Å². The van der Waals surface area contributed by atoms with Gasteiger partial charge in [0.2, 0.25) is 0 Å². The molecule has 172 valence electrons. The van der Waals surface area contributed by atoms with Gasteiger partial charge in [0.05, 0.1) is 17.2 Å². The molecule has 3 rings (SSSR count). The van der Waals surface area contributed by atoms with E-state index in [0.29, 0.717) is 37.5 Å². The highest BCUT2D eigenvalue weighted by Crippen LogP contribution is 2.19. The van der Waals surface area contributed by atoms with Crippen molar-refractivity contribution in [1.82, 2.24) is 10.6 Å². The molecular formula is C22H26Cl2FN5O2. The van der Waals surface area contributed by atoms with Crippen molar-refractivity contribution in [2.45, 2.75) is 37.5 Å². The molecule has 0 aliphatic carbocycles. The molecule has 2 atom stereocenters. The van der Waals surface area contributed by atoms with Crippen molar-refractivity contribution in [1.29, 1.82) is 0 Å². The highest BCUT2D eigenvalue weighted by atomic mass is 35.5. The minimum Gasteiger partial charge on any atom is -0.381 e. The van der Waals surface area contributed by atoms with Gasteiger partial charge in [-0.05, 0) is 55.2 Å². The van der Waals surface area contributed by atoms with Crippen molar-refractivity contribution >= 4 is 35.1 Å². The minimum absolute atomic E-state index is 0.0395. The SMILES string of the molecule is NC(CC(N)c1cccc(Cl)c1)NC(=NC1CCOCC1)NC(=O)c1ccc(Cl)c(F)c1. The zero-order valence-corrected chi connectivity index (χ0v) is 18.9. The van der Waals surface area contributed by atoms with Gasteiger partial charge < -0.3 is 21.5 Å². The Balaban J connectivity index is 1.71. The van der Waals surface area contributed by atoms with Crippen LogP contribution in [0.5, 0.6) is 0 Å². The van der Waals surface area contributed by atoms with Crippen LogP contribution in [0.1, 0.15) is 41.2 Å². The van der Waals surface area contributed by atoms with Gasteiger partial charge in [-0.2, -0.15) is 0 Å². The van der Waals surface area contributed by atoms with E-state index in [1.54, 1.807) is 12.1 Å². The zero-order valence-electron chi connectivity index (χ0n) is 17.4. The van der Waals surface area contributed by atoms with E-state index in [-0.39, 0.29) is 28.6 Å². The number of nitrogens with two attached hydrogens (primary N) is 2. The molecule has 1 aliphatic rings. The van der Waals surface area contributed by atoms with Gasteiger partial charge in [0.1, 0.15) is 5.82 Å². The second-order valence-corrected chi connectivity index (χ2v) is 8.40. The first-order valence-electron chi connectivity index (χ1n) is 10.3. The molecule has 1 fully saturated rings. The lowest BCUT2D eigenvalue weighted by molar-refractivity contribution is 0.0868. The highest BCUT2D eigenvalue weighted by Gasteiger charge is 2.19. The van der Waals surface area contributed by atoms with Crippen LogP contribution in [-0.2, 0) is 4.74 Å². The number of hydrogen-bond donors (Lipinski definition) is 4. The molecule has 32 heavy (non-hydrogen) atoms. The standard InChI is InChI=1S/C22H26Cl2FN5O2/c23-15-3-1-2-13(10-15)19(26)12-20(27)29-22(28-16-6-8-32-9-7-16)30-21(31)14-4-5-17(24)18(25)11-14/h1-5,10-11,16,19-20H,6-9,12,26-27H2,(H2,28,29,30,31). The quantitative estimate of drug-likeness (QED) is 0.286. The van der Waals surface area contributed by atoms with Gasteiger partial charge in [-0.3, -0.25) is 10.1 Å². The van der Waals surface area contributed by atoms with Gasteiger partial charge in [-0.15, -0.1) is 0 Å². The van der Waals surface area contributed by atoms with E-state index in [9.17, 15) is 9.18 Å². The number of benzene rings is 2. The number of aliphatic imine (C=N–C) groups is 1. The molecule has 6 N–H and O–H groups in total. The van der Waals surface area contributed by atoms with Crippen LogP contribution in [0.4, 0.5) is 4.39 Å². The summed E-state index contributed by atoms with van der Waals surface area (Å²) in [5.41, 5.74) is 13.5. The van der Waals surface area contributed by atoms with Gasteiger partial charge >= 0.3 is 0 Å². The molecule has 0 bridgehead atoms. The molecule has 1 heterocycles. The summed E-state index contributed by atoms with van der Waals surface area (Å²) in [5.74, 6) is -1.02. The Morgan fingerprint density at radius 3 is 2.62 bits per heavy atom. The minimum atomic E-state index is -0.681. The van der Waals surface area contributed by atoms with E-state index in [4.69, 9.17) is 39.4 Å². The van der Waals surface area contributed by atoms with Gasteiger partial charge in [0.25, 0.3) is 5.91 Å². The fourth-order valence-electron chi connectivity index (χ4n) is 3.30. The van der Waals surface area contributed by atoms with Gasteiger partial charge in [0.15, 0.2) is 5.96 Å². The summed E-state index contributed by atoms with van der Waals surface area (Å²) in [6.45, 7) is 1.17. The lowest BCUT2D eigenvalue weighted by Gasteiger charge is -2.24. The first-order valence-corrected chi connectivity index (χ1v) is 11.0. The second-order valence-electron chi connectivity index (χ2n) is 7.55. The number of ether oxygens (including phenoxy) is 1. The third-order valence-electron chi connectivity index (χ3n) is 5.02. The Bertz CT molecular complexity index is 969. The van der Waals surface area contributed by atoms with Crippen molar-refractivity contribution in [2.75, 3.05) is 13.2 Å². The van der Waals surface area contributed by atoms with Crippen LogP contribution in [-0.4, -0.2) is 37.3 Å². The van der Waals surface area contributed by atoms with Crippen molar-refractivity contribution in [3.05, 3.63) is 69.5 Å². The molecule has 2 aromatic carbocycles. The average molecular weight is 482 g/mol. The number of halogens is 3. The summed E-state index contributed by atoms with van der Waals surface area (Å²) in [6, 6.07) is 10.7. The molecule has 0 spiro atoms. The van der Waals surface area contributed by atoms with E-state index in [2.05, 4.69) is 15.6 Å². The molecule has 1 aliphatic heterocycles. The monoisotopic (exact) mass is 481 g/mol. The number of nitrogens with zero attached hydrogens (tertiary/aromatic N) is 1. The molecule has 1 saturated heterocycles. The van der Waals surface area contributed by atoms with Crippen LogP contribution in [0.3, 0.4) is 0 Å². The molecule has 0 radical (unpaired) electrons. The number of hydrogen-bond acceptors (Lipinski definition) is 5. The Hall–Kier alpha value is -2.23. The van der Waals surface area contributed by atoms with Crippen LogP contribution in [0.2, 0.25) is 10.0 Å². The van der Waals surface area contributed by atoms with Crippen molar-refractivity contribution in [3.63, 3.8) is 0 Å². The fourth-order valence-corrected chi connectivity index (χ4v) is 3.62. The molecule has 2 aromatic rings. The Kier molecular flexibility index (Phi) is 8.84. The summed E-state index contributed by atoms with van der Waals surface area (Å²) in [5, 5.41) is 6.24. The molecule has 10 heteroatoms. The first kappa shape index (κ1) is 24.4. The van der Waals surface area contributed by atoms with Gasteiger partial charge in [-0.25, -0.2) is 9.38 Å².